The lowest BCUT2D eigenvalue weighted by molar-refractivity contribution is 0.253. The lowest BCUT2D eigenvalue weighted by Gasteiger charge is -2.31. The van der Waals surface area contributed by atoms with Crippen LogP contribution in [0.3, 0.4) is 0 Å². The Morgan fingerprint density at radius 1 is 0.766 bits per heavy atom. The summed E-state index contributed by atoms with van der Waals surface area (Å²) < 4.78 is 50.8. The van der Waals surface area contributed by atoms with Gasteiger partial charge in [-0.3, -0.25) is 14.4 Å². The summed E-state index contributed by atoms with van der Waals surface area (Å²) in [6.07, 6.45) is 4.73. The Morgan fingerprint density at radius 2 is 1.49 bits per heavy atom. The van der Waals surface area contributed by atoms with Crippen LogP contribution in [-0.4, -0.2) is 27.7 Å². The zero-order valence-corrected chi connectivity index (χ0v) is 26.6. The van der Waals surface area contributed by atoms with Crippen molar-refractivity contribution in [3.8, 4) is 17.3 Å². The summed E-state index contributed by atoms with van der Waals surface area (Å²) in [4.78, 5) is 22.5. The van der Waals surface area contributed by atoms with Gasteiger partial charge in [0.05, 0.1) is 30.0 Å². The standard InChI is InChI=1S/C41H38N4O2/c1-41(2,3)28-20-21-42-37(23-28)45-35-15-8-7-14-33(35)34-19-18-32(25-36(34)45)47-31-13-9-12-30(24-31)44-39-27-17-16-26(22-27)38(39)43(40(44)46)29-10-5-4-6-11-29/h4-15,18-21,23-27,38-39H,16-17,22H2,1-3H3/i4D,5D,6D,10D,11D. The summed E-state index contributed by atoms with van der Waals surface area (Å²) in [5.41, 5.74) is 3.76. The number of ether oxygens (including phenoxy) is 1. The van der Waals surface area contributed by atoms with E-state index in [1.807, 2.05) is 54.7 Å². The van der Waals surface area contributed by atoms with Crippen molar-refractivity contribution in [1.82, 2.24) is 9.55 Å². The first-order valence-electron chi connectivity index (χ1n) is 18.9. The second-order valence-corrected chi connectivity index (χ2v) is 14.1. The molecule has 2 bridgehead atoms. The van der Waals surface area contributed by atoms with Crippen molar-refractivity contribution in [2.24, 2.45) is 11.8 Å². The third-order valence-corrected chi connectivity index (χ3v) is 10.4. The number of anilines is 2. The molecule has 0 N–H and O–H groups in total. The van der Waals surface area contributed by atoms with Crippen LogP contribution in [0, 0.1) is 11.8 Å². The number of aromatic nitrogens is 2. The van der Waals surface area contributed by atoms with Crippen LogP contribution in [-0.2, 0) is 5.41 Å². The third kappa shape index (κ3) is 4.45. The number of fused-ring (bicyclic) bond motifs is 8. The van der Waals surface area contributed by atoms with Gasteiger partial charge < -0.3 is 4.74 Å². The molecule has 1 saturated heterocycles. The summed E-state index contributed by atoms with van der Waals surface area (Å²) in [6, 6.07) is 23.2. The molecule has 0 radical (unpaired) electrons. The van der Waals surface area contributed by atoms with Crippen molar-refractivity contribution in [2.75, 3.05) is 9.80 Å². The van der Waals surface area contributed by atoms with Crippen molar-refractivity contribution in [3.63, 3.8) is 0 Å². The van der Waals surface area contributed by atoms with Gasteiger partial charge in [-0.25, -0.2) is 9.78 Å². The Morgan fingerprint density at radius 3 is 2.28 bits per heavy atom. The number of pyridine rings is 1. The van der Waals surface area contributed by atoms with Crippen LogP contribution in [0.5, 0.6) is 11.5 Å². The van der Waals surface area contributed by atoms with Crippen LogP contribution < -0.4 is 14.5 Å². The number of rotatable bonds is 5. The molecule has 2 saturated carbocycles. The van der Waals surface area contributed by atoms with Crippen LogP contribution in [0.2, 0.25) is 0 Å². The monoisotopic (exact) mass is 623 g/mol. The van der Waals surface area contributed by atoms with E-state index in [1.54, 1.807) is 4.90 Å². The zero-order valence-electron chi connectivity index (χ0n) is 31.6. The Bertz CT molecular complexity index is 2430. The molecule has 1 aliphatic heterocycles. The van der Waals surface area contributed by atoms with Gasteiger partial charge in [-0.1, -0.05) is 63.2 Å². The molecule has 6 nitrogen and oxygen atoms in total. The lowest BCUT2D eigenvalue weighted by Crippen LogP contribution is -2.42. The van der Waals surface area contributed by atoms with Crippen molar-refractivity contribution >= 4 is 39.2 Å². The lowest BCUT2D eigenvalue weighted by atomic mass is 9.88. The minimum atomic E-state index is -0.468. The zero-order chi connectivity index (χ0) is 36.2. The van der Waals surface area contributed by atoms with Gasteiger partial charge in [-0.2, -0.15) is 0 Å². The van der Waals surface area contributed by atoms with E-state index in [0.717, 1.165) is 46.9 Å². The topological polar surface area (TPSA) is 50.6 Å². The average Bonchev–Trinajstić information content (AvgIpc) is 3.90. The molecule has 3 aliphatic rings. The first kappa shape index (κ1) is 23.3. The van der Waals surface area contributed by atoms with Crippen LogP contribution in [0.4, 0.5) is 16.2 Å². The fourth-order valence-electron chi connectivity index (χ4n) is 8.32. The molecule has 4 aromatic carbocycles. The van der Waals surface area contributed by atoms with Crippen LogP contribution in [0.25, 0.3) is 27.6 Å². The molecule has 6 heteroatoms. The largest absolute Gasteiger partial charge is 0.457 e. The molecule has 9 rings (SSSR count). The Labute approximate surface area is 282 Å². The van der Waals surface area contributed by atoms with E-state index >= 15 is 0 Å². The molecular formula is C41H38N4O2. The van der Waals surface area contributed by atoms with Gasteiger partial charge in [0.2, 0.25) is 0 Å². The van der Waals surface area contributed by atoms with Gasteiger partial charge in [0.1, 0.15) is 17.3 Å². The number of nitrogens with zero attached hydrogens (tertiary/aromatic N) is 4. The summed E-state index contributed by atoms with van der Waals surface area (Å²) in [5.74, 6) is 2.47. The second-order valence-electron chi connectivity index (χ2n) is 14.1. The van der Waals surface area contributed by atoms with E-state index < -0.39 is 18.1 Å². The number of urea groups is 1. The maximum atomic E-state index is 14.5. The quantitative estimate of drug-likeness (QED) is 0.192. The molecule has 2 aliphatic carbocycles. The summed E-state index contributed by atoms with van der Waals surface area (Å²) in [5, 5.41) is 2.20. The molecule has 4 atom stereocenters. The van der Waals surface area contributed by atoms with E-state index in [1.165, 1.54) is 10.5 Å². The number of carbonyl (C=O) groups is 1. The van der Waals surface area contributed by atoms with Gasteiger partial charge in [-0.05, 0) is 96.6 Å². The molecule has 4 unspecified atom stereocenters. The molecule has 3 fully saturated rings. The maximum absolute atomic E-state index is 14.5. The minimum Gasteiger partial charge on any atom is -0.457 e. The van der Waals surface area contributed by atoms with E-state index in [2.05, 4.69) is 55.7 Å². The van der Waals surface area contributed by atoms with Gasteiger partial charge in [-0.15, -0.1) is 0 Å². The van der Waals surface area contributed by atoms with E-state index in [9.17, 15) is 4.79 Å². The fraction of sp³-hybridized carbons (Fsp3) is 0.268. The number of carbonyl (C=O) groups excluding carboxylic acids is 1. The predicted molar refractivity (Wildman–Crippen MR) is 189 cm³/mol. The van der Waals surface area contributed by atoms with E-state index in [-0.39, 0.29) is 53.1 Å². The molecule has 0 spiro atoms. The summed E-state index contributed by atoms with van der Waals surface area (Å²) >= 11 is 0. The highest BCUT2D eigenvalue weighted by Gasteiger charge is 2.60. The van der Waals surface area contributed by atoms with Crippen molar-refractivity contribution in [1.29, 1.82) is 0 Å². The smallest absolute Gasteiger partial charge is 0.329 e. The van der Waals surface area contributed by atoms with Crippen molar-refractivity contribution in [2.45, 2.75) is 57.5 Å². The predicted octanol–water partition coefficient (Wildman–Crippen LogP) is 9.88. The number of hydrogen-bond donors (Lipinski definition) is 0. The van der Waals surface area contributed by atoms with Crippen molar-refractivity contribution in [3.05, 3.63) is 121 Å². The molecule has 3 heterocycles. The second kappa shape index (κ2) is 10.5. The van der Waals surface area contributed by atoms with Crippen LogP contribution in [0.15, 0.2) is 115 Å². The van der Waals surface area contributed by atoms with Crippen molar-refractivity contribution < 1.29 is 16.4 Å². The highest BCUT2D eigenvalue weighted by atomic mass is 16.5. The summed E-state index contributed by atoms with van der Waals surface area (Å²) in [7, 11) is 0. The Hall–Kier alpha value is -5.10. The van der Waals surface area contributed by atoms with Gasteiger partial charge >= 0.3 is 6.03 Å². The van der Waals surface area contributed by atoms with Crippen LogP contribution >= 0.6 is 0 Å². The number of hydrogen-bond acceptors (Lipinski definition) is 3. The summed E-state index contributed by atoms with van der Waals surface area (Å²) in [6.45, 7) is 6.58. The normalized spacial score (nSPS) is 23.6. The van der Waals surface area contributed by atoms with Gasteiger partial charge in [0.15, 0.2) is 0 Å². The molecule has 47 heavy (non-hydrogen) atoms. The molecule has 2 amide bonds. The highest BCUT2D eigenvalue weighted by molar-refractivity contribution is 6.10. The van der Waals surface area contributed by atoms with E-state index in [0.29, 0.717) is 17.2 Å². The van der Waals surface area contributed by atoms with Crippen LogP contribution in [0.1, 0.15) is 52.5 Å². The molecular weight excluding hydrogens is 580 g/mol. The van der Waals surface area contributed by atoms with Gasteiger partial charge in [0, 0.05) is 40.5 Å². The average molecular weight is 624 g/mol. The Balaban J connectivity index is 1.10. The maximum Gasteiger partial charge on any atom is 0.329 e. The SMILES string of the molecule is [2H]c1c([2H])c([2H])c(N2C(=O)N(c3cccc(Oc4ccc5c6ccccc6n(-c6cc(C(C)(C)C)ccn6)c5c4)c3)C3C4CCC(C4)C32)c([2H])c1[2H]. The fourth-order valence-corrected chi connectivity index (χ4v) is 8.32. The number of amides is 2. The number of benzene rings is 4. The van der Waals surface area contributed by atoms with E-state index in [4.69, 9.17) is 16.6 Å². The highest BCUT2D eigenvalue weighted by Crippen LogP contribution is 2.54. The van der Waals surface area contributed by atoms with Gasteiger partial charge in [0.25, 0.3) is 0 Å². The molecule has 2 aromatic heterocycles. The number of para-hydroxylation sites is 2. The Kier molecular flexibility index (Phi) is 5.18. The molecule has 6 aromatic rings. The third-order valence-electron chi connectivity index (χ3n) is 10.4. The first-order chi connectivity index (χ1) is 24.9. The molecule has 234 valence electrons. The minimum absolute atomic E-state index is 0.0420. The first-order valence-corrected chi connectivity index (χ1v) is 16.4.